The molecule has 2 aromatic heterocycles. The number of carboxylic acids is 1. The lowest BCUT2D eigenvalue weighted by atomic mass is 10.2. The molecule has 1 amide bonds. The van der Waals surface area contributed by atoms with Crippen LogP contribution in [0.25, 0.3) is 11.0 Å². The van der Waals surface area contributed by atoms with Gasteiger partial charge in [0.1, 0.15) is 17.1 Å². The summed E-state index contributed by atoms with van der Waals surface area (Å²) >= 11 is 0. The summed E-state index contributed by atoms with van der Waals surface area (Å²) in [7, 11) is 0. The number of para-hydroxylation sites is 1. The maximum absolute atomic E-state index is 12.0. The smallest absolute Gasteiger partial charge is 0.341 e. The number of fused-ring (bicyclic) bond motifs is 1. The van der Waals surface area contributed by atoms with Gasteiger partial charge in [-0.1, -0.05) is 17.3 Å². The van der Waals surface area contributed by atoms with E-state index in [0.717, 1.165) is 5.39 Å². The van der Waals surface area contributed by atoms with Crippen LogP contribution >= 0.6 is 0 Å². The first-order valence-electron chi connectivity index (χ1n) is 7.60. The average molecular weight is 344 g/mol. The van der Waals surface area contributed by atoms with Gasteiger partial charge in [-0.25, -0.2) is 4.79 Å². The van der Waals surface area contributed by atoms with Gasteiger partial charge in [0.15, 0.2) is 17.9 Å². The fourth-order valence-electron chi connectivity index (χ4n) is 2.38. The monoisotopic (exact) mass is 344 g/mol. The van der Waals surface area contributed by atoms with Crippen molar-refractivity contribution in [2.24, 2.45) is 0 Å². The number of nitrogens with one attached hydrogen (secondary N) is 1. The summed E-state index contributed by atoms with van der Waals surface area (Å²) in [6.45, 7) is 1.59. The molecule has 0 atom stereocenters. The number of hydrogen-bond donors (Lipinski definition) is 2. The summed E-state index contributed by atoms with van der Waals surface area (Å²) in [5.41, 5.74) is 0.883. The Kier molecular flexibility index (Phi) is 4.69. The highest BCUT2D eigenvalue weighted by atomic mass is 16.5. The van der Waals surface area contributed by atoms with Gasteiger partial charge in [-0.2, -0.15) is 0 Å². The van der Waals surface area contributed by atoms with E-state index in [4.69, 9.17) is 18.8 Å². The van der Waals surface area contributed by atoms with E-state index in [2.05, 4.69) is 10.5 Å². The fraction of sp³-hybridized carbons (Fsp3) is 0.235. The summed E-state index contributed by atoms with van der Waals surface area (Å²) < 4.78 is 15.8. The van der Waals surface area contributed by atoms with Gasteiger partial charge in [0, 0.05) is 18.4 Å². The quantitative estimate of drug-likeness (QED) is 0.675. The predicted molar refractivity (Wildman–Crippen MR) is 86.6 cm³/mol. The van der Waals surface area contributed by atoms with Gasteiger partial charge in [-0.05, 0) is 19.1 Å². The fourth-order valence-corrected chi connectivity index (χ4v) is 2.38. The van der Waals surface area contributed by atoms with Crippen LogP contribution in [0.1, 0.15) is 21.9 Å². The molecule has 3 aromatic rings. The molecule has 0 fully saturated rings. The molecule has 0 spiro atoms. The largest absolute Gasteiger partial charge is 0.479 e. The first-order chi connectivity index (χ1) is 12.0. The lowest BCUT2D eigenvalue weighted by Crippen LogP contribution is -2.25. The van der Waals surface area contributed by atoms with Crippen molar-refractivity contribution in [1.29, 1.82) is 0 Å². The summed E-state index contributed by atoms with van der Waals surface area (Å²) in [4.78, 5) is 22.6. The molecule has 25 heavy (non-hydrogen) atoms. The van der Waals surface area contributed by atoms with Crippen LogP contribution in [0, 0.1) is 6.92 Å². The van der Waals surface area contributed by atoms with Gasteiger partial charge < -0.3 is 24.1 Å². The Morgan fingerprint density at radius 1 is 1.36 bits per heavy atom. The molecular weight excluding hydrogens is 328 g/mol. The average Bonchev–Trinajstić information content (AvgIpc) is 3.18. The van der Waals surface area contributed by atoms with Crippen molar-refractivity contribution in [3.8, 4) is 5.75 Å². The van der Waals surface area contributed by atoms with E-state index in [9.17, 15) is 9.59 Å². The van der Waals surface area contributed by atoms with Crippen LogP contribution in [-0.4, -0.2) is 35.3 Å². The maximum Gasteiger partial charge on any atom is 0.341 e. The van der Waals surface area contributed by atoms with Crippen LogP contribution in [0.5, 0.6) is 5.75 Å². The predicted octanol–water partition coefficient (Wildman–Crippen LogP) is 2.17. The van der Waals surface area contributed by atoms with Crippen molar-refractivity contribution in [3.63, 3.8) is 0 Å². The van der Waals surface area contributed by atoms with E-state index in [1.165, 1.54) is 6.20 Å². The number of furan rings is 1. The number of hydrogen-bond acceptors (Lipinski definition) is 6. The summed E-state index contributed by atoms with van der Waals surface area (Å²) in [5, 5.41) is 15.8. The van der Waals surface area contributed by atoms with Crippen molar-refractivity contribution >= 4 is 22.8 Å². The maximum atomic E-state index is 12.0. The number of aliphatic carboxylic acids is 1. The van der Waals surface area contributed by atoms with Crippen molar-refractivity contribution in [3.05, 3.63) is 47.5 Å². The Morgan fingerprint density at radius 2 is 2.20 bits per heavy atom. The number of amides is 1. The van der Waals surface area contributed by atoms with Crippen molar-refractivity contribution in [2.75, 3.05) is 13.2 Å². The summed E-state index contributed by atoms with van der Waals surface area (Å²) in [5.74, 6) is 0.163. The third-order valence-electron chi connectivity index (χ3n) is 3.56. The lowest BCUT2D eigenvalue weighted by Gasteiger charge is -2.03. The molecular formula is C17H16N2O6. The highest BCUT2D eigenvalue weighted by Gasteiger charge is 2.13. The summed E-state index contributed by atoms with van der Waals surface area (Å²) in [6.07, 6.45) is 1.85. The van der Waals surface area contributed by atoms with E-state index >= 15 is 0 Å². The molecule has 0 unspecified atom stereocenters. The van der Waals surface area contributed by atoms with E-state index in [1.54, 1.807) is 19.1 Å². The number of aromatic nitrogens is 1. The van der Waals surface area contributed by atoms with Gasteiger partial charge in [-0.3, -0.25) is 4.79 Å². The minimum atomic E-state index is -1.06. The molecule has 0 aliphatic rings. The minimum absolute atomic E-state index is 0.264. The third-order valence-corrected chi connectivity index (χ3v) is 3.56. The first kappa shape index (κ1) is 16.6. The molecule has 0 aliphatic heterocycles. The Hall–Kier alpha value is -3.29. The van der Waals surface area contributed by atoms with Crippen molar-refractivity contribution < 1.29 is 28.4 Å². The highest BCUT2D eigenvalue weighted by molar-refractivity contribution is 5.94. The number of carbonyl (C=O) groups excluding carboxylic acids is 1. The topological polar surface area (TPSA) is 115 Å². The Bertz CT molecular complexity index is 911. The molecule has 0 aliphatic carbocycles. The van der Waals surface area contributed by atoms with Crippen LogP contribution in [0.3, 0.4) is 0 Å². The lowest BCUT2D eigenvalue weighted by molar-refractivity contribution is -0.139. The zero-order chi connectivity index (χ0) is 17.8. The molecule has 8 nitrogen and oxygen atoms in total. The molecule has 0 saturated heterocycles. The number of aryl methyl sites for hydroxylation is 1. The Labute approximate surface area is 142 Å². The third kappa shape index (κ3) is 3.79. The summed E-state index contributed by atoms with van der Waals surface area (Å²) in [6, 6.07) is 7.08. The normalized spacial score (nSPS) is 10.8. The van der Waals surface area contributed by atoms with Gasteiger partial charge in [-0.15, -0.1) is 0 Å². The Balaban J connectivity index is 1.64. The number of carboxylic acid groups (broad SMARTS) is 1. The van der Waals surface area contributed by atoms with Crippen LogP contribution < -0.4 is 10.1 Å². The molecule has 0 radical (unpaired) electrons. The van der Waals surface area contributed by atoms with E-state index in [-0.39, 0.29) is 5.91 Å². The molecule has 3 rings (SSSR count). The highest BCUT2D eigenvalue weighted by Crippen LogP contribution is 2.28. The van der Waals surface area contributed by atoms with Gasteiger partial charge in [0.05, 0.1) is 6.20 Å². The van der Waals surface area contributed by atoms with Crippen molar-refractivity contribution in [1.82, 2.24) is 10.5 Å². The molecule has 2 N–H and O–H groups in total. The molecule has 0 saturated carbocycles. The van der Waals surface area contributed by atoms with E-state index < -0.39 is 12.6 Å². The zero-order valence-electron chi connectivity index (χ0n) is 13.4. The first-order valence-corrected chi connectivity index (χ1v) is 7.60. The van der Waals surface area contributed by atoms with Crippen LogP contribution in [0.4, 0.5) is 0 Å². The van der Waals surface area contributed by atoms with Crippen LogP contribution in [-0.2, 0) is 11.2 Å². The molecule has 1 aromatic carbocycles. The van der Waals surface area contributed by atoms with E-state index in [0.29, 0.717) is 41.4 Å². The second kappa shape index (κ2) is 7.08. The molecule has 8 heteroatoms. The van der Waals surface area contributed by atoms with Gasteiger partial charge in [0.25, 0.3) is 5.91 Å². The molecule has 130 valence electrons. The number of carbonyl (C=O) groups is 2. The standard InChI is InChI=1S/C17H16N2O6/c1-10-13(8-19-25-10)17(22)18-6-5-12-7-11-3-2-4-14(16(11)24-12)23-9-15(20)21/h2-4,7-8H,5-6,9H2,1H3,(H,18,22)(H,20,21). The molecule has 2 heterocycles. The number of nitrogens with zero attached hydrogens (tertiary/aromatic N) is 1. The number of rotatable bonds is 7. The van der Waals surface area contributed by atoms with Crippen LogP contribution in [0.15, 0.2) is 39.4 Å². The van der Waals surface area contributed by atoms with Gasteiger partial charge in [0.2, 0.25) is 0 Å². The SMILES string of the molecule is Cc1oncc1C(=O)NCCc1cc2cccc(OCC(=O)O)c2o1. The van der Waals surface area contributed by atoms with Crippen molar-refractivity contribution in [2.45, 2.75) is 13.3 Å². The zero-order valence-corrected chi connectivity index (χ0v) is 13.4. The number of ether oxygens (including phenoxy) is 1. The van der Waals surface area contributed by atoms with E-state index in [1.807, 2.05) is 12.1 Å². The van der Waals surface area contributed by atoms with Crippen LogP contribution in [0.2, 0.25) is 0 Å². The van der Waals surface area contributed by atoms with Gasteiger partial charge >= 0.3 is 5.97 Å². The Morgan fingerprint density at radius 3 is 2.92 bits per heavy atom. The second-order valence-corrected chi connectivity index (χ2v) is 5.37. The second-order valence-electron chi connectivity index (χ2n) is 5.37. The molecule has 0 bridgehead atoms. The minimum Gasteiger partial charge on any atom is -0.479 e. The number of benzene rings is 1.